The number of nitriles is 1. The van der Waals surface area contributed by atoms with Crippen LogP contribution < -0.4 is 10.1 Å². The van der Waals surface area contributed by atoms with Gasteiger partial charge < -0.3 is 10.1 Å². The molecule has 114 valence electrons. The maximum Gasteiger partial charge on any atom is 0.173 e. The number of nitrogens with zero attached hydrogens (tertiary/aromatic N) is 2. The van der Waals surface area contributed by atoms with Crippen molar-refractivity contribution in [3.8, 4) is 11.8 Å². The van der Waals surface area contributed by atoms with Crippen molar-refractivity contribution in [3.63, 3.8) is 0 Å². The Morgan fingerprint density at radius 2 is 2.19 bits per heavy atom. The first kappa shape index (κ1) is 16.0. The molecule has 0 saturated carbocycles. The van der Waals surface area contributed by atoms with Gasteiger partial charge in [0.1, 0.15) is 0 Å². The lowest BCUT2D eigenvalue weighted by molar-refractivity contribution is 0.175. The first-order valence-electron chi connectivity index (χ1n) is 7.10. The van der Waals surface area contributed by atoms with E-state index in [-0.39, 0.29) is 16.8 Å². The first-order valence-corrected chi connectivity index (χ1v) is 7.48. The lowest BCUT2D eigenvalue weighted by atomic mass is 10.0. The van der Waals surface area contributed by atoms with Gasteiger partial charge in [-0.2, -0.15) is 5.26 Å². The molecule has 0 unspecified atom stereocenters. The molecular formula is C15H19ClFN3O. The SMILES string of the molecule is CCOc1c(F)cc([C@H](CC#N)N2CCNCC2)cc1Cl. The number of halogens is 2. The summed E-state index contributed by atoms with van der Waals surface area (Å²) in [6.45, 7) is 5.54. The minimum atomic E-state index is -0.475. The third kappa shape index (κ3) is 3.85. The second-order valence-electron chi connectivity index (χ2n) is 4.91. The van der Waals surface area contributed by atoms with Gasteiger partial charge >= 0.3 is 0 Å². The van der Waals surface area contributed by atoms with Crippen LogP contribution in [0.15, 0.2) is 12.1 Å². The Kier molecular flexibility index (Phi) is 5.80. The molecule has 4 nitrogen and oxygen atoms in total. The zero-order chi connectivity index (χ0) is 15.2. The van der Waals surface area contributed by atoms with Crippen LogP contribution >= 0.6 is 11.6 Å². The summed E-state index contributed by atoms with van der Waals surface area (Å²) in [6.07, 6.45) is 0.309. The van der Waals surface area contributed by atoms with Gasteiger partial charge in [-0.3, -0.25) is 4.90 Å². The van der Waals surface area contributed by atoms with Crippen molar-refractivity contribution in [2.75, 3.05) is 32.8 Å². The normalized spacial score (nSPS) is 17.2. The molecule has 1 aromatic carbocycles. The Morgan fingerprint density at radius 3 is 2.76 bits per heavy atom. The monoisotopic (exact) mass is 311 g/mol. The van der Waals surface area contributed by atoms with Gasteiger partial charge in [0.15, 0.2) is 11.6 Å². The molecule has 1 N–H and O–H groups in total. The largest absolute Gasteiger partial charge is 0.489 e. The number of nitrogens with one attached hydrogen (secondary N) is 1. The molecular weight excluding hydrogens is 293 g/mol. The van der Waals surface area contributed by atoms with Gasteiger partial charge in [0.2, 0.25) is 0 Å². The highest BCUT2D eigenvalue weighted by Gasteiger charge is 2.24. The lowest BCUT2D eigenvalue weighted by Gasteiger charge is -2.34. The molecule has 1 heterocycles. The maximum atomic E-state index is 14.1. The number of ether oxygens (including phenoxy) is 1. The smallest absolute Gasteiger partial charge is 0.173 e. The van der Waals surface area contributed by atoms with Crippen LogP contribution in [0.4, 0.5) is 4.39 Å². The van der Waals surface area contributed by atoms with Crippen LogP contribution in [-0.4, -0.2) is 37.7 Å². The van der Waals surface area contributed by atoms with E-state index in [9.17, 15) is 4.39 Å². The Balaban J connectivity index is 2.29. The minimum Gasteiger partial charge on any atom is -0.489 e. The number of rotatable bonds is 5. The molecule has 0 amide bonds. The number of hydrogen-bond donors (Lipinski definition) is 1. The Morgan fingerprint density at radius 1 is 1.48 bits per heavy atom. The van der Waals surface area contributed by atoms with E-state index in [0.29, 0.717) is 13.0 Å². The van der Waals surface area contributed by atoms with E-state index in [0.717, 1.165) is 31.7 Å². The van der Waals surface area contributed by atoms with Crippen molar-refractivity contribution in [2.45, 2.75) is 19.4 Å². The minimum absolute atomic E-state index is 0.0823. The van der Waals surface area contributed by atoms with Crippen LogP contribution in [0, 0.1) is 17.1 Å². The van der Waals surface area contributed by atoms with Gasteiger partial charge in [-0.25, -0.2) is 4.39 Å². The Hall–Kier alpha value is -1.35. The van der Waals surface area contributed by atoms with Crippen LogP contribution in [0.3, 0.4) is 0 Å². The van der Waals surface area contributed by atoms with Crippen molar-refractivity contribution in [1.82, 2.24) is 10.2 Å². The van der Waals surface area contributed by atoms with Gasteiger partial charge in [-0.15, -0.1) is 0 Å². The van der Waals surface area contributed by atoms with Crippen LogP contribution in [0.1, 0.15) is 24.9 Å². The molecule has 6 heteroatoms. The second kappa shape index (κ2) is 7.60. The van der Waals surface area contributed by atoms with Crippen molar-refractivity contribution < 1.29 is 9.13 Å². The summed E-state index contributed by atoms with van der Waals surface area (Å²) in [5, 5.41) is 12.6. The zero-order valence-electron chi connectivity index (χ0n) is 12.0. The lowest BCUT2D eigenvalue weighted by Crippen LogP contribution is -2.45. The third-order valence-electron chi connectivity index (χ3n) is 3.57. The molecule has 0 spiro atoms. The topological polar surface area (TPSA) is 48.3 Å². The predicted molar refractivity (Wildman–Crippen MR) is 80.0 cm³/mol. The van der Waals surface area contributed by atoms with Crippen LogP contribution in [0.2, 0.25) is 5.02 Å². The molecule has 1 aliphatic heterocycles. The summed E-state index contributed by atoms with van der Waals surface area (Å²) in [7, 11) is 0. The van der Waals surface area contributed by atoms with E-state index in [2.05, 4.69) is 16.3 Å². The molecule has 1 aliphatic rings. The summed E-state index contributed by atoms with van der Waals surface area (Å²) in [5.74, 6) is -0.392. The molecule has 0 bridgehead atoms. The maximum absolute atomic E-state index is 14.1. The second-order valence-corrected chi connectivity index (χ2v) is 5.32. The highest BCUT2D eigenvalue weighted by Crippen LogP contribution is 2.34. The molecule has 1 saturated heterocycles. The molecule has 1 atom stereocenters. The predicted octanol–water partition coefficient (Wildman–Crippen LogP) is 2.74. The number of piperazine rings is 1. The van der Waals surface area contributed by atoms with Crippen molar-refractivity contribution in [3.05, 3.63) is 28.5 Å². The van der Waals surface area contributed by atoms with E-state index in [1.54, 1.807) is 13.0 Å². The van der Waals surface area contributed by atoms with Gasteiger partial charge in [0.25, 0.3) is 0 Å². The molecule has 21 heavy (non-hydrogen) atoms. The molecule has 1 aromatic rings. The van der Waals surface area contributed by atoms with Gasteiger partial charge in [-0.05, 0) is 24.6 Å². The summed E-state index contributed by atoms with van der Waals surface area (Å²) < 4.78 is 19.4. The van der Waals surface area contributed by atoms with E-state index >= 15 is 0 Å². The number of hydrogen-bond acceptors (Lipinski definition) is 4. The fourth-order valence-corrected chi connectivity index (χ4v) is 2.86. The van der Waals surface area contributed by atoms with E-state index in [4.69, 9.17) is 21.6 Å². The van der Waals surface area contributed by atoms with Gasteiger partial charge in [0.05, 0.1) is 24.1 Å². The van der Waals surface area contributed by atoms with E-state index in [1.807, 2.05) is 0 Å². The standard InChI is InChI=1S/C15H19ClFN3O/c1-2-21-15-12(16)9-11(10-13(15)17)14(3-4-18)20-7-5-19-6-8-20/h9-10,14,19H,2-3,5-8H2,1H3/t14-/m0/s1. The quantitative estimate of drug-likeness (QED) is 0.908. The van der Waals surface area contributed by atoms with E-state index in [1.165, 1.54) is 6.07 Å². The molecule has 0 radical (unpaired) electrons. The van der Waals surface area contributed by atoms with Crippen molar-refractivity contribution in [1.29, 1.82) is 5.26 Å². The highest BCUT2D eigenvalue weighted by atomic mass is 35.5. The van der Waals surface area contributed by atoms with Gasteiger partial charge in [-0.1, -0.05) is 11.6 Å². The summed E-state index contributed by atoms with van der Waals surface area (Å²) in [4.78, 5) is 2.19. The Labute approximate surface area is 129 Å². The Bertz CT molecular complexity index is 503. The fourth-order valence-electron chi connectivity index (χ4n) is 2.59. The van der Waals surface area contributed by atoms with E-state index < -0.39 is 5.82 Å². The average Bonchev–Trinajstić information content (AvgIpc) is 2.49. The summed E-state index contributed by atoms with van der Waals surface area (Å²) in [5.41, 5.74) is 0.726. The zero-order valence-corrected chi connectivity index (χ0v) is 12.8. The third-order valence-corrected chi connectivity index (χ3v) is 3.85. The summed E-state index contributed by atoms with van der Waals surface area (Å²) >= 11 is 6.12. The van der Waals surface area contributed by atoms with Gasteiger partial charge in [0, 0.05) is 32.2 Å². The summed E-state index contributed by atoms with van der Waals surface area (Å²) in [6, 6.07) is 5.18. The number of benzene rings is 1. The molecule has 0 aromatic heterocycles. The average molecular weight is 312 g/mol. The first-order chi connectivity index (χ1) is 10.2. The van der Waals surface area contributed by atoms with Crippen LogP contribution in [-0.2, 0) is 0 Å². The fraction of sp³-hybridized carbons (Fsp3) is 0.533. The molecule has 0 aliphatic carbocycles. The molecule has 1 fully saturated rings. The van der Waals surface area contributed by atoms with Crippen molar-refractivity contribution in [2.24, 2.45) is 0 Å². The highest BCUT2D eigenvalue weighted by molar-refractivity contribution is 6.32. The van der Waals surface area contributed by atoms with Crippen LogP contribution in [0.5, 0.6) is 5.75 Å². The van der Waals surface area contributed by atoms with Crippen molar-refractivity contribution >= 4 is 11.6 Å². The van der Waals surface area contributed by atoms with Crippen LogP contribution in [0.25, 0.3) is 0 Å². The molecule has 2 rings (SSSR count).